The summed E-state index contributed by atoms with van der Waals surface area (Å²) in [6.45, 7) is 6.92. The molecule has 0 radical (unpaired) electrons. The van der Waals surface area contributed by atoms with Crippen molar-refractivity contribution >= 4 is 34.0 Å². The van der Waals surface area contributed by atoms with E-state index >= 15 is 0 Å². The van der Waals surface area contributed by atoms with Crippen LogP contribution in [-0.4, -0.2) is 52.4 Å². The lowest BCUT2D eigenvalue weighted by Crippen LogP contribution is -2.40. The summed E-state index contributed by atoms with van der Waals surface area (Å²) in [6, 6.07) is 0. The van der Waals surface area contributed by atoms with Gasteiger partial charge in [-0.3, -0.25) is 0 Å². The Kier molecular flexibility index (Phi) is 24.4. The number of sulfonamides is 1. The Morgan fingerprint density at radius 1 is 0.613 bits per heavy atom. The molecule has 0 aromatic carbocycles. The fourth-order valence-corrected chi connectivity index (χ4v) is 4.86. The molecule has 0 aromatic heterocycles. The van der Waals surface area contributed by atoms with E-state index in [4.69, 9.17) is 0 Å². The van der Waals surface area contributed by atoms with Crippen LogP contribution in [0.2, 0.25) is 0 Å². The van der Waals surface area contributed by atoms with Gasteiger partial charge < -0.3 is 9.21 Å². The van der Waals surface area contributed by atoms with Crippen LogP contribution < -0.4 is 0 Å². The van der Waals surface area contributed by atoms with E-state index in [1.807, 2.05) is 0 Å². The molecule has 0 bridgehead atoms. The van der Waals surface area contributed by atoms with Gasteiger partial charge in [-0.1, -0.05) is 103 Å². The highest BCUT2D eigenvalue weighted by atomic mass is 127. The molecule has 0 aliphatic heterocycles. The summed E-state index contributed by atoms with van der Waals surface area (Å²) < 4.78 is 28.9. The van der Waals surface area contributed by atoms with Crippen molar-refractivity contribution in [3.8, 4) is 0 Å². The molecule has 4 nitrogen and oxygen atoms in total. The fraction of sp³-hybridized carbons (Fsp3) is 1.00. The second-order valence-corrected chi connectivity index (χ2v) is 11.6. The summed E-state index contributed by atoms with van der Waals surface area (Å²) >= 11 is 0. The van der Waals surface area contributed by atoms with Crippen molar-refractivity contribution in [2.24, 2.45) is 0 Å². The SMILES string of the molecule is CCCCCCCCCCCCCCCCCCS(=O)(=O)[N-]CCC[N+](C)(C)CC.I. The Morgan fingerprint density at radius 2 is 1.00 bits per heavy atom. The summed E-state index contributed by atoms with van der Waals surface area (Å²) in [5, 5.41) is 0. The average molecular weight is 575 g/mol. The molecule has 0 amide bonds. The van der Waals surface area contributed by atoms with Crippen molar-refractivity contribution in [3.63, 3.8) is 0 Å². The molecule has 0 unspecified atom stereocenters. The first-order valence-corrected chi connectivity index (χ1v) is 14.7. The Balaban J connectivity index is 0. The van der Waals surface area contributed by atoms with Gasteiger partial charge in [0.1, 0.15) is 0 Å². The maximum atomic E-state index is 12.0. The van der Waals surface area contributed by atoms with E-state index in [1.54, 1.807) is 0 Å². The smallest absolute Gasteiger partial charge is 0.0765 e. The van der Waals surface area contributed by atoms with E-state index in [2.05, 4.69) is 32.7 Å². The first kappa shape index (κ1) is 33.8. The number of nitrogens with zero attached hydrogens (tertiary/aromatic N) is 2. The third-order valence-electron chi connectivity index (χ3n) is 6.32. The molecule has 0 rings (SSSR count). The van der Waals surface area contributed by atoms with Crippen LogP contribution in [0.3, 0.4) is 0 Å². The Hall–Kier alpha value is 0.600. The molecule has 0 fully saturated rings. The van der Waals surface area contributed by atoms with E-state index in [9.17, 15) is 8.42 Å². The van der Waals surface area contributed by atoms with Crippen LogP contribution in [0.5, 0.6) is 0 Å². The number of rotatable bonds is 23. The first-order chi connectivity index (χ1) is 14.3. The van der Waals surface area contributed by atoms with Gasteiger partial charge >= 0.3 is 0 Å². The molecule has 31 heavy (non-hydrogen) atoms. The minimum absolute atomic E-state index is 0. The number of unbranched alkanes of at least 4 members (excludes halogenated alkanes) is 15. The summed E-state index contributed by atoms with van der Waals surface area (Å²) in [7, 11) is 1.14. The molecule has 190 valence electrons. The van der Waals surface area contributed by atoms with Gasteiger partial charge in [-0.15, -0.1) is 30.5 Å². The van der Waals surface area contributed by atoms with E-state index < -0.39 is 10.0 Å². The molecule has 6 heteroatoms. The molecule has 0 heterocycles. The van der Waals surface area contributed by atoms with E-state index in [1.165, 1.54) is 83.5 Å². The quantitative estimate of drug-likeness (QED) is 0.0704. The average Bonchev–Trinajstić information content (AvgIpc) is 2.71. The van der Waals surface area contributed by atoms with Crippen LogP contribution in [0.25, 0.3) is 4.72 Å². The largest absolute Gasteiger partial charge is 0.549 e. The zero-order valence-corrected chi connectivity index (χ0v) is 24.5. The van der Waals surface area contributed by atoms with Gasteiger partial charge in [-0.25, -0.2) is 8.42 Å². The summed E-state index contributed by atoms with van der Waals surface area (Å²) in [4.78, 5) is 0. The molecular weight excluding hydrogens is 519 g/mol. The molecule has 0 N–H and O–H groups in total. The lowest BCUT2D eigenvalue weighted by molar-refractivity contribution is -0.888. The lowest BCUT2D eigenvalue weighted by Gasteiger charge is -2.29. The highest BCUT2D eigenvalue weighted by molar-refractivity contribution is 14.0. The number of hydrogen-bond acceptors (Lipinski definition) is 2. The fourth-order valence-electron chi connectivity index (χ4n) is 3.76. The van der Waals surface area contributed by atoms with Crippen molar-refractivity contribution in [1.82, 2.24) is 0 Å². The van der Waals surface area contributed by atoms with Crippen LogP contribution in [-0.2, 0) is 10.0 Å². The summed E-state index contributed by atoms with van der Waals surface area (Å²) in [5.74, 6) is 0.234. The molecule has 0 aromatic rings. The van der Waals surface area contributed by atoms with Gasteiger partial charge in [0.25, 0.3) is 0 Å². The van der Waals surface area contributed by atoms with Crippen molar-refractivity contribution < 1.29 is 12.9 Å². The molecule has 0 spiro atoms. The summed E-state index contributed by atoms with van der Waals surface area (Å²) in [6.07, 6.45) is 21.7. The monoisotopic (exact) mass is 574 g/mol. The Bertz CT molecular complexity index is 470. The van der Waals surface area contributed by atoms with Crippen molar-refractivity contribution in [1.29, 1.82) is 0 Å². The van der Waals surface area contributed by atoms with Gasteiger partial charge in [0.15, 0.2) is 0 Å². The highest BCUT2D eigenvalue weighted by Crippen LogP contribution is 2.14. The highest BCUT2D eigenvalue weighted by Gasteiger charge is 2.09. The minimum Gasteiger partial charge on any atom is -0.549 e. The first-order valence-electron chi connectivity index (χ1n) is 13.1. The standard InChI is InChI=1S/C25H54N2O2S.HI/c1-5-7-8-9-10-11-12-13-14-15-16-17-18-19-20-21-25-30(28,29)26-23-22-24-27(3,4)6-2;/h5-25H2,1-4H3;1H. The van der Waals surface area contributed by atoms with E-state index in [0.29, 0.717) is 6.54 Å². The van der Waals surface area contributed by atoms with E-state index in [-0.39, 0.29) is 29.7 Å². The summed E-state index contributed by atoms with van der Waals surface area (Å²) in [5.41, 5.74) is 0. The number of quaternary nitrogens is 1. The second-order valence-electron chi connectivity index (χ2n) is 9.77. The Morgan fingerprint density at radius 3 is 1.39 bits per heavy atom. The number of hydrogen-bond donors (Lipinski definition) is 0. The van der Waals surface area contributed by atoms with Crippen molar-refractivity contribution in [2.75, 3.05) is 39.5 Å². The maximum absolute atomic E-state index is 12.0. The third kappa shape index (κ3) is 25.1. The normalized spacial score (nSPS) is 12.1. The van der Waals surface area contributed by atoms with Gasteiger partial charge in [0.2, 0.25) is 0 Å². The molecule has 0 saturated heterocycles. The van der Waals surface area contributed by atoms with Crippen LogP contribution in [0.4, 0.5) is 0 Å². The van der Waals surface area contributed by atoms with Gasteiger partial charge in [0.05, 0.1) is 37.2 Å². The van der Waals surface area contributed by atoms with Crippen molar-refractivity contribution in [2.45, 2.75) is 123 Å². The third-order valence-corrected chi connectivity index (χ3v) is 7.70. The Labute approximate surface area is 213 Å². The zero-order valence-electron chi connectivity index (χ0n) is 21.4. The molecular formula is C25H55IN2O2S. The van der Waals surface area contributed by atoms with E-state index in [0.717, 1.165) is 43.3 Å². The van der Waals surface area contributed by atoms with Gasteiger partial charge in [-0.2, -0.15) is 0 Å². The van der Waals surface area contributed by atoms with Gasteiger partial charge in [-0.05, 0) is 19.8 Å². The van der Waals surface area contributed by atoms with Crippen molar-refractivity contribution in [3.05, 3.63) is 4.72 Å². The molecule has 0 aliphatic carbocycles. The molecule has 0 atom stereocenters. The van der Waals surface area contributed by atoms with Crippen LogP contribution >= 0.6 is 24.0 Å². The second kappa shape index (κ2) is 22.4. The molecule has 0 saturated carbocycles. The van der Waals surface area contributed by atoms with Crippen LogP contribution in [0, 0.1) is 0 Å². The minimum atomic E-state index is -3.21. The zero-order chi connectivity index (χ0) is 22.6. The van der Waals surface area contributed by atoms with Gasteiger partial charge in [0, 0.05) is 5.75 Å². The van der Waals surface area contributed by atoms with Crippen LogP contribution in [0.1, 0.15) is 123 Å². The lowest BCUT2D eigenvalue weighted by atomic mass is 10.0. The molecule has 0 aliphatic rings. The number of halogens is 1. The maximum Gasteiger partial charge on any atom is 0.0765 e. The predicted octanol–water partition coefficient (Wildman–Crippen LogP) is 8.06. The topological polar surface area (TPSA) is 48.2 Å². The van der Waals surface area contributed by atoms with Crippen LogP contribution in [0.15, 0.2) is 0 Å². The predicted molar refractivity (Wildman–Crippen MR) is 149 cm³/mol.